The summed E-state index contributed by atoms with van der Waals surface area (Å²) < 4.78 is 1.92. The molecule has 0 spiro atoms. The van der Waals surface area contributed by atoms with E-state index in [4.69, 9.17) is 5.11 Å². The molecule has 1 aromatic carbocycles. The number of hydrogen-bond acceptors (Lipinski definition) is 2. The number of hydrogen-bond donors (Lipinski definition) is 2. The molecule has 16 heavy (non-hydrogen) atoms. The Bertz CT molecular complexity index is 430. The summed E-state index contributed by atoms with van der Waals surface area (Å²) in [6.07, 6.45) is 1.64. The van der Waals surface area contributed by atoms with Gasteiger partial charge in [-0.3, -0.25) is 0 Å². The molecule has 1 aromatic rings. The van der Waals surface area contributed by atoms with Crippen molar-refractivity contribution in [3.05, 3.63) is 38.8 Å². The molecule has 2 N–H and O–H groups in total. The van der Waals surface area contributed by atoms with Crippen LogP contribution in [0.2, 0.25) is 0 Å². The highest BCUT2D eigenvalue weighted by Gasteiger charge is 2.00. The molecule has 1 rings (SSSR count). The first-order valence-corrected chi connectivity index (χ1v) is 6.18. The van der Waals surface area contributed by atoms with E-state index in [9.17, 15) is 4.79 Å². The van der Waals surface area contributed by atoms with E-state index in [1.807, 2.05) is 18.2 Å². The second kappa shape index (κ2) is 6.06. The molecule has 0 heterocycles. The first kappa shape index (κ1) is 13.3. The summed E-state index contributed by atoms with van der Waals surface area (Å²) in [4.78, 5) is 10.5. The summed E-state index contributed by atoms with van der Waals surface area (Å²) in [5, 5.41) is 11.8. The maximum Gasteiger partial charge on any atom is 0.331 e. The van der Waals surface area contributed by atoms with Crippen molar-refractivity contribution in [3.63, 3.8) is 0 Å². The normalized spacial score (nSPS) is 11.3. The zero-order chi connectivity index (χ0) is 12.1. The molecule has 0 radical (unpaired) electrons. The Morgan fingerprint density at radius 2 is 2.19 bits per heavy atom. The highest BCUT2D eigenvalue weighted by Crippen LogP contribution is 2.25. The Kier molecular flexibility index (Phi) is 5.02. The number of carbonyl (C=O) groups is 1. The molecule has 0 fully saturated rings. The number of carboxylic acids is 1. The molecule has 0 saturated carbocycles. The molecule has 0 aliphatic rings. The fourth-order valence-electron chi connectivity index (χ4n) is 1.03. The molecule has 0 bridgehead atoms. The van der Waals surface area contributed by atoms with Crippen LogP contribution in [0.25, 0.3) is 0 Å². The van der Waals surface area contributed by atoms with Gasteiger partial charge < -0.3 is 10.4 Å². The Morgan fingerprint density at radius 3 is 2.75 bits per heavy atom. The molecule has 0 amide bonds. The molecule has 5 heteroatoms. The van der Waals surface area contributed by atoms with Crippen LogP contribution in [-0.4, -0.2) is 17.6 Å². The fraction of sp³-hybridized carbons (Fsp3) is 0.182. The Labute approximate surface area is 111 Å². The summed E-state index contributed by atoms with van der Waals surface area (Å²) >= 11 is 6.77. The van der Waals surface area contributed by atoms with Crippen LogP contribution in [-0.2, 0) is 4.79 Å². The average molecular weight is 349 g/mol. The maximum atomic E-state index is 10.5. The van der Waals surface area contributed by atoms with E-state index in [-0.39, 0.29) is 0 Å². The van der Waals surface area contributed by atoms with Gasteiger partial charge in [0, 0.05) is 26.8 Å². The molecule has 86 valence electrons. The first-order valence-electron chi connectivity index (χ1n) is 4.59. The Balaban J connectivity index is 2.62. The number of rotatable bonds is 4. The van der Waals surface area contributed by atoms with Crippen molar-refractivity contribution in [2.24, 2.45) is 0 Å². The van der Waals surface area contributed by atoms with Gasteiger partial charge in [-0.2, -0.15) is 0 Å². The molecular formula is C11H11Br2NO2. The lowest BCUT2D eigenvalue weighted by Crippen LogP contribution is -2.03. The summed E-state index contributed by atoms with van der Waals surface area (Å²) in [5.74, 6) is -0.892. The average Bonchev–Trinajstić information content (AvgIpc) is 2.20. The van der Waals surface area contributed by atoms with E-state index in [1.54, 1.807) is 13.0 Å². The van der Waals surface area contributed by atoms with Crippen LogP contribution in [0.5, 0.6) is 0 Å². The van der Waals surface area contributed by atoms with Crippen molar-refractivity contribution in [1.82, 2.24) is 0 Å². The zero-order valence-electron chi connectivity index (χ0n) is 8.63. The van der Waals surface area contributed by atoms with E-state index in [1.165, 1.54) is 0 Å². The van der Waals surface area contributed by atoms with Crippen molar-refractivity contribution >= 4 is 43.5 Å². The number of anilines is 1. The third kappa shape index (κ3) is 3.98. The zero-order valence-corrected chi connectivity index (χ0v) is 11.8. The van der Waals surface area contributed by atoms with Gasteiger partial charge in [-0.25, -0.2) is 4.79 Å². The van der Waals surface area contributed by atoms with Gasteiger partial charge in [0.15, 0.2) is 0 Å². The van der Waals surface area contributed by atoms with Crippen molar-refractivity contribution in [1.29, 1.82) is 0 Å². The predicted octanol–water partition coefficient (Wildman–Crippen LogP) is 3.65. The highest BCUT2D eigenvalue weighted by atomic mass is 79.9. The second-order valence-electron chi connectivity index (χ2n) is 3.20. The van der Waals surface area contributed by atoms with Crippen LogP contribution in [0.3, 0.4) is 0 Å². The smallest absolute Gasteiger partial charge is 0.331 e. The lowest BCUT2D eigenvalue weighted by Gasteiger charge is -2.06. The van der Waals surface area contributed by atoms with Crippen LogP contribution in [0.1, 0.15) is 6.92 Å². The molecule has 3 nitrogen and oxygen atoms in total. The van der Waals surface area contributed by atoms with Crippen molar-refractivity contribution in [2.75, 3.05) is 11.9 Å². The van der Waals surface area contributed by atoms with Crippen LogP contribution in [0.4, 0.5) is 5.69 Å². The standard InChI is InChI=1S/C11H11Br2NO2/c1-7(11(15)16)4-5-14-10-3-2-8(12)6-9(10)13/h2-4,6,14H,5H2,1H3,(H,15,16)/b7-4-. The molecule has 0 saturated heterocycles. The minimum absolute atomic E-state index is 0.334. The molecular weight excluding hydrogens is 338 g/mol. The molecule has 0 atom stereocenters. The van der Waals surface area contributed by atoms with Crippen LogP contribution < -0.4 is 5.32 Å². The molecule has 0 aliphatic carbocycles. The van der Waals surface area contributed by atoms with Crippen molar-refractivity contribution < 1.29 is 9.90 Å². The summed E-state index contributed by atoms with van der Waals surface area (Å²) in [5.41, 5.74) is 1.26. The molecule has 0 unspecified atom stereocenters. The number of nitrogens with one attached hydrogen (secondary N) is 1. The van der Waals surface area contributed by atoms with Crippen molar-refractivity contribution in [2.45, 2.75) is 6.92 Å². The quantitative estimate of drug-likeness (QED) is 0.816. The van der Waals surface area contributed by atoms with E-state index < -0.39 is 5.97 Å². The summed E-state index contributed by atoms with van der Waals surface area (Å²) in [6.45, 7) is 2.05. The molecule has 0 aliphatic heterocycles. The van der Waals surface area contributed by atoms with E-state index in [2.05, 4.69) is 37.2 Å². The third-order valence-corrected chi connectivity index (χ3v) is 3.12. The third-order valence-electron chi connectivity index (χ3n) is 1.97. The second-order valence-corrected chi connectivity index (χ2v) is 4.97. The first-order chi connectivity index (χ1) is 7.50. The predicted molar refractivity (Wildman–Crippen MR) is 71.7 cm³/mol. The number of carboxylic acid groups (broad SMARTS) is 1. The highest BCUT2D eigenvalue weighted by molar-refractivity contribution is 9.11. The minimum Gasteiger partial charge on any atom is -0.478 e. The van der Waals surface area contributed by atoms with Gasteiger partial charge in [-0.15, -0.1) is 0 Å². The Hall–Kier alpha value is -0.810. The van der Waals surface area contributed by atoms with Crippen molar-refractivity contribution in [3.8, 4) is 0 Å². The van der Waals surface area contributed by atoms with Crippen LogP contribution in [0, 0.1) is 0 Å². The Morgan fingerprint density at radius 1 is 1.50 bits per heavy atom. The lowest BCUT2D eigenvalue weighted by molar-refractivity contribution is -0.132. The van der Waals surface area contributed by atoms with Gasteiger partial charge in [0.2, 0.25) is 0 Å². The van der Waals surface area contributed by atoms with Gasteiger partial charge >= 0.3 is 5.97 Å². The van der Waals surface area contributed by atoms with Gasteiger partial charge in [0.05, 0.1) is 0 Å². The van der Waals surface area contributed by atoms with Gasteiger partial charge in [0.1, 0.15) is 0 Å². The summed E-state index contributed by atoms with van der Waals surface area (Å²) in [6, 6.07) is 5.76. The van der Waals surface area contributed by atoms with Gasteiger partial charge in [-0.1, -0.05) is 22.0 Å². The SMILES string of the molecule is C/C(=C/CNc1ccc(Br)cc1Br)C(=O)O. The van der Waals surface area contributed by atoms with Gasteiger partial charge in [0.25, 0.3) is 0 Å². The van der Waals surface area contributed by atoms with E-state index >= 15 is 0 Å². The molecule has 0 aromatic heterocycles. The van der Waals surface area contributed by atoms with Crippen LogP contribution >= 0.6 is 31.9 Å². The summed E-state index contributed by atoms with van der Waals surface area (Å²) in [7, 11) is 0. The van der Waals surface area contributed by atoms with E-state index in [0.29, 0.717) is 12.1 Å². The monoisotopic (exact) mass is 347 g/mol. The van der Waals surface area contributed by atoms with Gasteiger partial charge in [-0.05, 0) is 41.1 Å². The maximum absolute atomic E-state index is 10.5. The number of halogens is 2. The van der Waals surface area contributed by atoms with E-state index in [0.717, 1.165) is 14.6 Å². The number of aliphatic carboxylic acids is 1. The lowest BCUT2D eigenvalue weighted by atomic mass is 10.3. The topological polar surface area (TPSA) is 49.3 Å². The van der Waals surface area contributed by atoms with Crippen LogP contribution in [0.15, 0.2) is 38.8 Å². The number of benzene rings is 1. The fourth-order valence-corrected chi connectivity index (χ4v) is 2.22. The largest absolute Gasteiger partial charge is 0.478 e. The minimum atomic E-state index is -0.892.